The lowest BCUT2D eigenvalue weighted by atomic mass is 10.2. The maximum atomic E-state index is 12.5. The maximum absolute atomic E-state index is 12.5. The normalized spacial score (nSPS) is 12.2. The molecule has 0 aromatic carbocycles. The van der Waals surface area contributed by atoms with E-state index in [0.29, 0.717) is 11.4 Å². The first-order chi connectivity index (χ1) is 9.98. The summed E-state index contributed by atoms with van der Waals surface area (Å²) in [5, 5.41) is 3.26. The van der Waals surface area contributed by atoms with E-state index in [1.807, 2.05) is 25.3 Å². The van der Waals surface area contributed by atoms with Gasteiger partial charge in [-0.3, -0.25) is 0 Å². The summed E-state index contributed by atoms with van der Waals surface area (Å²) in [6, 6.07) is 1.78. The number of aromatic nitrogens is 1. The second-order valence-corrected chi connectivity index (χ2v) is 6.99. The molecule has 122 valence electrons. The van der Waals surface area contributed by atoms with Gasteiger partial charge in [-0.05, 0) is 31.9 Å². The van der Waals surface area contributed by atoms with Crippen LogP contribution in [0.2, 0.25) is 0 Å². The van der Waals surface area contributed by atoms with Crippen LogP contribution < -0.4 is 10.0 Å². The third-order valence-corrected chi connectivity index (χ3v) is 5.09. The number of rotatable bonds is 10. The molecule has 0 aliphatic carbocycles. The molecule has 0 amide bonds. The standard InChI is InChI=1S/C15H29N3O2S/c1-5-9-18-12-15(10-14(18)11-16-8-4)21(19,20)17-13(6-2)7-3/h10,12-13,16-17H,5-9,11H2,1-4H3. The molecule has 0 unspecified atom stereocenters. The molecule has 2 N–H and O–H groups in total. The summed E-state index contributed by atoms with van der Waals surface area (Å²) in [7, 11) is -3.43. The Labute approximate surface area is 129 Å². The van der Waals surface area contributed by atoms with E-state index in [2.05, 4.69) is 17.0 Å². The second kappa shape index (κ2) is 8.56. The molecule has 1 aromatic rings. The first-order valence-electron chi connectivity index (χ1n) is 7.90. The average Bonchev–Trinajstić information content (AvgIpc) is 2.87. The van der Waals surface area contributed by atoms with Gasteiger partial charge in [0.15, 0.2) is 0 Å². The summed E-state index contributed by atoms with van der Waals surface area (Å²) in [6.45, 7) is 10.5. The van der Waals surface area contributed by atoms with Gasteiger partial charge >= 0.3 is 0 Å². The van der Waals surface area contributed by atoms with Gasteiger partial charge in [-0.15, -0.1) is 0 Å². The van der Waals surface area contributed by atoms with Gasteiger partial charge in [0.2, 0.25) is 10.0 Å². The number of aryl methyl sites for hydroxylation is 1. The summed E-state index contributed by atoms with van der Waals surface area (Å²) in [4.78, 5) is 0.371. The minimum Gasteiger partial charge on any atom is -0.349 e. The molecule has 0 bridgehead atoms. The Bertz CT molecular complexity index is 519. The number of sulfonamides is 1. The van der Waals surface area contributed by atoms with Crippen LogP contribution in [0.3, 0.4) is 0 Å². The fourth-order valence-electron chi connectivity index (χ4n) is 2.27. The Hall–Kier alpha value is -0.850. The second-order valence-electron chi connectivity index (χ2n) is 5.28. The summed E-state index contributed by atoms with van der Waals surface area (Å²) < 4.78 is 29.7. The fourth-order valence-corrected chi connectivity index (χ4v) is 3.73. The fraction of sp³-hybridized carbons (Fsp3) is 0.733. The van der Waals surface area contributed by atoms with Crippen LogP contribution in [0.1, 0.15) is 52.7 Å². The van der Waals surface area contributed by atoms with Gasteiger partial charge in [-0.25, -0.2) is 13.1 Å². The van der Waals surface area contributed by atoms with Crippen LogP contribution >= 0.6 is 0 Å². The smallest absolute Gasteiger partial charge is 0.242 e. The van der Waals surface area contributed by atoms with Gasteiger partial charge in [-0.1, -0.05) is 27.7 Å². The predicted molar refractivity (Wildman–Crippen MR) is 86.8 cm³/mol. The van der Waals surface area contributed by atoms with E-state index in [4.69, 9.17) is 0 Å². The lowest BCUT2D eigenvalue weighted by molar-refractivity contribution is 0.530. The van der Waals surface area contributed by atoms with Crippen molar-refractivity contribution in [3.63, 3.8) is 0 Å². The average molecular weight is 315 g/mol. The van der Waals surface area contributed by atoms with E-state index >= 15 is 0 Å². The Kier molecular flexibility index (Phi) is 7.42. The van der Waals surface area contributed by atoms with Gasteiger partial charge in [0.1, 0.15) is 0 Å². The summed E-state index contributed by atoms with van der Waals surface area (Å²) >= 11 is 0. The largest absolute Gasteiger partial charge is 0.349 e. The van der Waals surface area contributed by atoms with Crippen molar-refractivity contribution in [1.29, 1.82) is 0 Å². The van der Waals surface area contributed by atoms with E-state index in [9.17, 15) is 8.42 Å². The zero-order valence-electron chi connectivity index (χ0n) is 13.6. The minimum atomic E-state index is -3.43. The molecule has 0 aliphatic rings. The van der Waals surface area contributed by atoms with Crippen molar-refractivity contribution < 1.29 is 8.42 Å². The molecule has 0 fully saturated rings. The summed E-state index contributed by atoms with van der Waals surface area (Å²) in [6.07, 6.45) is 4.33. The molecule has 0 saturated heterocycles. The highest BCUT2D eigenvalue weighted by atomic mass is 32.2. The van der Waals surface area contributed by atoms with Crippen LogP contribution in [0.5, 0.6) is 0 Å². The van der Waals surface area contributed by atoms with Crippen LogP contribution in [-0.4, -0.2) is 25.6 Å². The Morgan fingerprint density at radius 1 is 1.19 bits per heavy atom. The van der Waals surface area contributed by atoms with Crippen LogP contribution in [-0.2, 0) is 23.1 Å². The van der Waals surface area contributed by atoms with Gasteiger partial charge in [-0.2, -0.15) is 0 Å². The maximum Gasteiger partial charge on any atom is 0.242 e. The van der Waals surface area contributed by atoms with Crippen molar-refractivity contribution in [3.8, 4) is 0 Å². The van der Waals surface area contributed by atoms with Gasteiger partial charge in [0.25, 0.3) is 0 Å². The van der Waals surface area contributed by atoms with Crippen molar-refractivity contribution in [2.75, 3.05) is 6.54 Å². The van der Waals surface area contributed by atoms with E-state index in [1.165, 1.54) is 0 Å². The zero-order valence-corrected chi connectivity index (χ0v) is 14.5. The minimum absolute atomic E-state index is 0.00161. The lowest BCUT2D eigenvalue weighted by Crippen LogP contribution is -2.33. The Morgan fingerprint density at radius 3 is 2.38 bits per heavy atom. The predicted octanol–water partition coefficient (Wildman–Crippen LogP) is 2.47. The first-order valence-corrected chi connectivity index (χ1v) is 9.38. The third kappa shape index (κ3) is 5.13. The van der Waals surface area contributed by atoms with E-state index in [-0.39, 0.29) is 6.04 Å². The van der Waals surface area contributed by atoms with Crippen LogP contribution in [0.4, 0.5) is 0 Å². The molecule has 0 spiro atoms. The van der Waals surface area contributed by atoms with Crippen LogP contribution in [0.15, 0.2) is 17.2 Å². The summed E-state index contributed by atoms with van der Waals surface area (Å²) in [5.74, 6) is 0. The van der Waals surface area contributed by atoms with Crippen LogP contribution in [0.25, 0.3) is 0 Å². The molecule has 0 atom stereocenters. The number of hydrogen-bond donors (Lipinski definition) is 2. The number of nitrogens with one attached hydrogen (secondary N) is 2. The molecular weight excluding hydrogens is 286 g/mol. The molecule has 21 heavy (non-hydrogen) atoms. The number of nitrogens with zero attached hydrogens (tertiary/aromatic N) is 1. The zero-order chi connectivity index (χ0) is 15.9. The quantitative estimate of drug-likeness (QED) is 0.697. The molecule has 1 heterocycles. The van der Waals surface area contributed by atoms with Crippen LogP contribution in [0, 0.1) is 0 Å². The molecule has 0 radical (unpaired) electrons. The Balaban J connectivity index is 3.00. The first kappa shape index (κ1) is 18.2. The van der Waals surface area contributed by atoms with Gasteiger partial charge in [0.05, 0.1) is 4.90 Å². The highest BCUT2D eigenvalue weighted by molar-refractivity contribution is 7.89. The molecule has 5 nitrogen and oxygen atoms in total. The van der Waals surface area contributed by atoms with E-state index in [1.54, 1.807) is 12.3 Å². The highest BCUT2D eigenvalue weighted by Crippen LogP contribution is 2.16. The van der Waals surface area contributed by atoms with E-state index in [0.717, 1.165) is 38.0 Å². The molecule has 0 aliphatic heterocycles. The van der Waals surface area contributed by atoms with Crippen molar-refractivity contribution in [2.24, 2.45) is 0 Å². The van der Waals surface area contributed by atoms with Gasteiger partial charge < -0.3 is 9.88 Å². The summed E-state index contributed by atoms with van der Waals surface area (Å²) in [5.41, 5.74) is 1.02. The molecule has 1 rings (SSSR count). The SMILES string of the molecule is CCCn1cc(S(=O)(=O)NC(CC)CC)cc1CNCC. The highest BCUT2D eigenvalue weighted by Gasteiger charge is 2.20. The molecule has 0 saturated carbocycles. The van der Waals surface area contributed by atoms with E-state index < -0.39 is 10.0 Å². The van der Waals surface area contributed by atoms with Crippen molar-refractivity contribution in [3.05, 3.63) is 18.0 Å². The monoisotopic (exact) mass is 315 g/mol. The van der Waals surface area contributed by atoms with Crippen molar-refractivity contribution in [1.82, 2.24) is 14.6 Å². The third-order valence-electron chi connectivity index (χ3n) is 3.60. The topological polar surface area (TPSA) is 63.1 Å². The van der Waals surface area contributed by atoms with Crippen molar-refractivity contribution in [2.45, 2.75) is 71.0 Å². The molecule has 6 heteroatoms. The Morgan fingerprint density at radius 2 is 1.86 bits per heavy atom. The van der Waals surface area contributed by atoms with Gasteiger partial charge in [0, 0.05) is 31.0 Å². The lowest BCUT2D eigenvalue weighted by Gasteiger charge is -2.13. The van der Waals surface area contributed by atoms with Crippen molar-refractivity contribution >= 4 is 10.0 Å². The molecule has 1 aromatic heterocycles. The number of hydrogen-bond acceptors (Lipinski definition) is 3. The molecular formula is C15H29N3O2S.